The molecule has 6 nitrogen and oxygen atoms in total. The van der Waals surface area contributed by atoms with Gasteiger partial charge in [-0.1, -0.05) is 0 Å². The molecule has 1 aromatic carbocycles. The molecule has 1 atom stereocenters. The van der Waals surface area contributed by atoms with E-state index in [0.29, 0.717) is 44.0 Å². The van der Waals surface area contributed by atoms with E-state index in [-0.39, 0.29) is 17.2 Å². The SMILES string of the molecule is O=C1NCCc2cc(C(=O)N3CC(O)CC4(CCOCC4)C3)ccc21. The summed E-state index contributed by atoms with van der Waals surface area (Å²) in [5, 5.41) is 13.1. The molecule has 25 heavy (non-hydrogen) atoms. The van der Waals surface area contributed by atoms with E-state index in [1.807, 2.05) is 6.07 Å². The lowest BCUT2D eigenvalue weighted by Crippen LogP contribution is -2.53. The molecule has 0 aliphatic carbocycles. The fourth-order valence-electron chi connectivity index (χ4n) is 4.42. The number of aliphatic hydroxyl groups excluding tert-OH is 1. The predicted molar refractivity (Wildman–Crippen MR) is 91.5 cm³/mol. The summed E-state index contributed by atoms with van der Waals surface area (Å²) in [5.41, 5.74) is 2.15. The monoisotopic (exact) mass is 344 g/mol. The van der Waals surface area contributed by atoms with Crippen molar-refractivity contribution in [3.63, 3.8) is 0 Å². The number of amides is 2. The fraction of sp³-hybridized carbons (Fsp3) is 0.579. The Kier molecular flexibility index (Phi) is 4.25. The number of carbonyl (C=O) groups excluding carboxylic acids is 2. The second kappa shape index (κ2) is 6.42. The Morgan fingerprint density at radius 2 is 2.12 bits per heavy atom. The highest BCUT2D eigenvalue weighted by molar-refractivity contribution is 5.99. The number of hydrogen-bond donors (Lipinski definition) is 2. The maximum atomic E-state index is 13.0. The zero-order valence-corrected chi connectivity index (χ0v) is 14.3. The molecule has 134 valence electrons. The number of rotatable bonds is 1. The number of aliphatic hydroxyl groups is 1. The van der Waals surface area contributed by atoms with Gasteiger partial charge in [-0.15, -0.1) is 0 Å². The number of benzene rings is 1. The van der Waals surface area contributed by atoms with E-state index >= 15 is 0 Å². The molecule has 6 heteroatoms. The van der Waals surface area contributed by atoms with E-state index < -0.39 is 6.10 Å². The van der Waals surface area contributed by atoms with Gasteiger partial charge in [0.25, 0.3) is 11.8 Å². The van der Waals surface area contributed by atoms with E-state index in [0.717, 1.165) is 31.2 Å². The average molecular weight is 344 g/mol. The molecule has 4 rings (SSSR count). The van der Waals surface area contributed by atoms with Crippen LogP contribution in [0.5, 0.6) is 0 Å². The van der Waals surface area contributed by atoms with E-state index in [4.69, 9.17) is 4.74 Å². The molecule has 0 aromatic heterocycles. The van der Waals surface area contributed by atoms with Crippen molar-refractivity contribution < 1.29 is 19.4 Å². The van der Waals surface area contributed by atoms with Crippen molar-refractivity contribution >= 4 is 11.8 Å². The summed E-state index contributed by atoms with van der Waals surface area (Å²) in [6.07, 6.45) is 2.77. The molecule has 1 unspecified atom stereocenters. The minimum Gasteiger partial charge on any atom is -0.391 e. The normalized spacial score (nSPS) is 25.4. The summed E-state index contributed by atoms with van der Waals surface area (Å²) in [5.74, 6) is -0.131. The van der Waals surface area contributed by atoms with Crippen LogP contribution in [0.3, 0.4) is 0 Å². The van der Waals surface area contributed by atoms with Crippen LogP contribution in [0.15, 0.2) is 18.2 Å². The number of carbonyl (C=O) groups is 2. The molecule has 1 aromatic rings. The Labute approximate surface area is 147 Å². The largest absolute Gasteiger partial charge is 0.391 e. The second-order valence-electron chi connectivity index (χ2n) is 7.53. The second-order valence-corrected chi connectivity index (χ2v) is 7.53. The van der Waals surface area contributed by atoms with Crippen molar-refractivity contribution in [2.24, 2.45) is 5.41 Å². The van der Waals surface area contributed by atoms with Gasteiger partial charge in [0.15, 0.2) is 0 Å². The highest BCUT2D eigenvalue weighted by Gasteiger charge is 2.42. The highest BCUT2D eigenvalue weighted by atomic mass is 16.5. The Hall–Kier alpha value is -1.92. The molecule has 3 aliphatic rings. The van der Waals surface area contributed by atoms with Crippen LogP contribution in [0.4, 0.5) is 0 Å². The number of fused-ring (bicyclic) bond motifs is 1. The van der Waals surface area contributed by atoms with Gasteiger partial charge < -0.3 is 20.1 Å². The topological polar surface area (TPSA) is 78.9 Å². The molecule has 3 aliphatic heterocycles. The number of nitrogens with zero attached hydrogens (tertiary/aromatic N) is 1. The van der Waals surface area contributed by atoms with Crippen molar-refractivity contribution in [1.82, 2.24) is 10.2 Å². The summed E-state index contributed by atoms with van der Waals surface area (Å²) in [6, 6.07) is 5.30. The van der Waals surface area contributed by atoms with Crippen molar-refractivity contribution in [2.75, 3.05) is 32.8 Å². The number of likely N-dealkylation sites (tertiary alicyclic amines) is 1. The molecule has 0 bridgehead atoms. The van der Waals surface area contributed by atoms with Crippen molar-refractivity contribution in [3.8, 4) is 0 Å². The van der Waals surface area contributed by atoms with Crippen LogP contribution < -0.4 is 5.32 Å². The first-order valence-corrected chi connectivity index (χ1v) is 9.03. The van der Waals surface area contributed by atoms with E-state index in [2.05, 4.69) is 5.32 Å². The van der Waals surface area contributed by atoms with Gasteiger partial charge in [-0.2, -0.15) is 0 Å². The van der Waals surface area contributed by atoms with Crippen LogP contribution in [0.1, 0.15) is 45.5 Å². The van der Waals surface area contributed by atoms with Crippen molar-refractivity contribution in [3.05, 3.63) is 34.9 Å². The molecular formula is C19H24N2O4. The summed E-state index contributed by atoms with van der Waals surface area (Å²) < 4.78 is 5.46. The maximum Gasteiger partial charge on any atom is 0.253 e. The lowest BCUT2D eigenvalue weighted by atomic mass is 9.73. The minimum atomic E-state index is -0.487. The van der Waals surface area contributed by atoms with E-state index in [9.17, 15) is 14.7 Å². The van der Waals surface area contributed by atoms with Gasteiger partial charge in [-0.05, 0) is 54.9 Å². The Morgan fingerprint density at radius 3 is 2.92 bits per heavy atom. The molecular weight excluding hydrogens is 320 g/mol. The Balaban J connectivity index is 1.56. The zero-order valence-electron chi connectivity index (χ0n) is 14.3. The molecule has 3 heterocycles. The van der Waals surface area contributed by atoms with E-state index in [1.165, 1.54) is 0 Å². The van der Waals surface area contributed by atoms with Gasteiger partial charge in [-0.3, -0.25) is 9.59 Å². The summed E-state index contributed by atoms with van der Waals surface area (Å²) in [6.45, 7) is 3.04. The minimum absolute atomic E-state index is 0.0281. The van der Waals surface area contributed by atoms with Crippen LogP contribution in [0.25, 0.3) is 0 Å². The molecule has 2 N–H and O–H groups in total. The van der Waals surface area contributed by atoms with Gasteiger partial charge in [0, 0.05) is 44.0 Å². The predicted octanol–water partition coefficient (Wildman–Crippen LogP) is 0.976. The van der Waals surface area contributed by atoms with Gasteiger partial charge in [-0.25, -0.2) is 0 Å². The summed E-state index contributed by atoms with van der Waals surface area (Å²) in [7, 11) is 0. The Morgan fingerprint density at radius 1 is 1.32 bits per heavy atom. The smallest absolute Gasteiger partial charge is 0.253 e. The highest BCUT2D eigenvalue weighted by Crippen LogP contribution is 2.39. The average Bonchev–Trinajstić information content (AvgIpc) is 2.61. The van der Waals surface area contributed by atoms with Gasteiger partial charge in [0.2, 0.25) is 0 Å². The lowest BCUT2D eigenvalue weighted by Gasteiger charge is -2.46. The summed E-state index contributed by atoms with van der Waals surface area (Å²) >= 11 is 0. The number of ether oxygens (including phenoxy) is 1. The molecule has 1 spiro atoms. The standard InChI is InChI=1S/C19H24N2O4/c22-15-10-19(4-7-25-8-5-19)12-21(11-15)18(24)14-1-2-16-13(9-14)3-6-20-17(16)23/h1-2,9,15,22H,3-8,10-12H2,(H,20,23). The molecule has 2 amide bonds. The summed E-state index contributed by atoms with van der Waals surface area (Å²) in [4.78, 5) is 26.7. The van der Waals surface area contributed by atoms with Crippen molar-refractivity contribution in [1.29, 1.82) is 0 Å². The van der Waals surface area contributed by atoms with Crippen LogP contribution in [-0.4, -0.2) is 60.8 Å². The van der Waals surface area contributed by atoms with Gasteiger partial charge in [0.1, 0.15) is 0 Å². The van der Waals surface area contributed by atoms with Gasteiger partial charge >= 0.3 is 0 Å². The van der Waals surface area contributed by atoms with Crippen LogP contribution in [-0.2, 0) is 11.2 Å². The van der Waals surface area contributed by atoms with Crippen LogP contribution in [0.2, 0.25) is 0 Å². The molecule has 2 saturated heterocycles. The molecule has 0 saturated carbocycles. The Bertz CT molecular complexity index is 697. The first-order chi connectivity index (χ1) is 12.1. The van der Waals surface area contributed by atoms with Crippen LogP contribution in [0, 0.1) is 5.41 Å². The first kappa shape index (κ1) is 16.5. The third kappa shape index (κ3) is 3.16. The maximum absolute atomic E-state index is 13.0. The number of β-amino-alcohol motifs (C(OH)–C–C–N with tert-alkyl or cyclic N) is 1. The molecule has 2 fully saturated rings. The van der Waals surface area contributed by atoms with Crippen LogP contribution >= 0.6 is 0 Å². The lowest BCUT2D eigenvalue weighted by molar-refractivity contribution is -0.0604. The van der Waals surface area contributed by atoms with Crippen molar-refractivity contribution in [2.45, 2.75) is 31.8 Å². The quantitative estimate of drug-likeness (QED) is 0.796. The number of hydrogen-bond acceptors (Lipinski definition) is 4. The molecule has 0 radical (unpaired) electrons. The third-order valence-corrected chi connectivity index (χ3v) is 5.74. The third-order valence-electron chi connectivity index (χ3n) is 5.74. The fourth-order valence-corrected chi connectivity index (χ4v) is 4.42. The first-order valence-electron chi connectivity index (χ1n) is 9.03. The zero-order chi connectivity index (χ0) is 17.4. The number of nitrogens with one attached hydrogen (secondary N) is 1. The number of piperidine rings is 1. The van der Waals surface area contributed by atoms with E-state index in [1.54, 1.807) is 17.0 Å². The van der Waals surface area contributed by atoms with Gasteiger partial charge in [0.05, 0.1) is 6.10 Å².